The summed E-state index contributed by atoms with van der Waals surface area (Å²) in [7, 11) is 3.70. The molecule has 0 atom stereocenters. The molecule has 1 aromatic carbocycles. The van der Waals surface area contributed by atoms with E-state index in [-0.39, 0.29) is 0 Å². The summed E-state index contributed by atoms with van der Waals surface area (Å²) >= 11 is 0. The molecule has 0 radical (unpaired) electrons. The fraction of sp³-hybridized carbons (Fsp3) is 0.333. The van der Waals surface area contributed by atoms with E-state index in [9.17, 15) is 0 Å². The molecule has 2 rings (SSSR count). The molecule has 0 fully saturated rings. The number of aromatic nitrogens is 2. The number of nitrogens with two attached hydrogens (primary N) is 1. The molecule has 112 valence electrons. The third kappa shape index (κ3) is 4.14. The summed E-state index contributed by atoms with van der Waals surface area (Å²) in [4.78, 5) is 10.9. The molecule has 6 nitrogen and oxygen atoms in total. The van der Waals surface area contributed by atoms with Gasteiger partial charge in [0, 0.05) is 23.9 Å². The number of rotatable bonds is 6. The van der Waals surface area contributed by atoms with E-state index in [2.05, 4.69) is 26.4 Å². The van der Waals surface area contributed by atoms with E-state index in [1.165, 1.54) is 0 Å². The van der Waals surface area contributed by atoms with Gasteiger partial charge in [-0.2, -0.15) is 0 Å². The Morgan fingerprint density at radius 1 is 1.24 bits per heavy atom. The maximum Gasteiger partial charge on any atom is 0.145 e. The molecule has 0 saturated carbocycles. The SMILES string of the molecule is COc1ccccc1CN(C)Cc1nc(C)cc(NN)n1. The number of nitrogens with zero attached hydrogens (tertiary/aromatic N) is 3. The van der Waals surface area contributed by atoms with Gasteiger partial charge in [0.05, 0.1) is 13.7 Å². The van der Waals surface area contributed by atoms with E-state index in [0.29, 0.717) is 12.4 Å². The highest BCUT2D eigenvalue weighted by Crippen LogP contribution is 2.19. The fourth-order valence-corrected chi connectivity index (χ4v) is 2.20. The van der Waals surface area contributed by atoms with Crippen molar-refractivity contribution < 1.29 is 4.74 Å². The Bertz CT molecular complexity index is 602. The van der Waals surface area contributed by atoms with Crippen molar-refractivity contribution in [3.05, 3.63) is 47.4 Å². The van der Waals surface area contributed by atoms with Gasteiger partial charge in [-0.1, -0.05) is 18.2 Å². The second-order valence-electron chi connectivity index (χ2n) is 4.94. The van der Waals surface area contributed by atoms with Crippen LogP contribution in [0.3, 0.4) is 0 Å². The Morgan fingerprint density at radius 3 is 2.71 bits per heavy atom. The quantitative estimate of drug-likeness (QED) is 0.622. The highest BCUT2D eigenvalue weighted by molar-refractivity contribution is 5.34. The zero-order chi connectivity index (χ0) is 15.2. The zero-order valence-electron chi connectivity index (χ0n) is 12.6. The van der Waals surface area contributed by atoms with Crippen LogP contribution in [0.15, 0.2) is 30.3 Å². The molecule has 0 amide bonds. The van der Waals surface area contributed by atoms with Gasteiger partial charge in [-0.05, 0) is 20.0 Å². The standard InChI is InChI=1S/C15H21N5O/c1-11-8-14(19-16)18-15(17-11)10-20(2)9-12-6-4-5-7-13(12)21-3/h4-8H,9-10,16H2,1-3H3,(H,17,18,19). The topological polar surface area (TPSA) is 76.3 Å². The van der Waals surface area contributed by atoms with E-state index >= 15 is 0 Å². The molecule has 3 N–H and O–H groups in total. The van der Waals surface area contributed by atoms with Crippen molar-refractivity contribution in [2.45, 2.75) is 20.0 Å². The summed E-state index contributed by atoms with van der Waals surface area (Å²) in [6.07, 6.45) is 0. The third-order valence-electron chi connectivity index (χ3n) is 3.09. The molecule has 0 bridgehead atoms. The molecule has 0 aliphatic carbocycles. The van der Waals surface area contributed by atoms with Gasteiger partial charge in [-0.3, -0.25) is 4.90 Å². The maximum absolute atomic E-state index is 5.41. The van der Waals surface area contributed by atoms with Crippen LogP contribution >= 0.6 is 0 Å². The largest absolute Gasteiger partial charge is 0.496 e. The van der Waals surface area contributed by atoms with Crippen molar-refractivity contribution in [3.8, 4) is 5.75 Å². The number of anilines is 1. The molecule has 0 saturated heterocycles. The Morgan fingerprint density at radius 2 is 2.00 bits per heavy atom. The van der Waals surface area contributed by atoms with Crippen molar-refractivity contribution in [2.24, 2.45) is 5.84 Å². The molecule has 0 spiro atoms. The number of para-hydroxylation sites is 1. The lowest BCUT2D eigenvalue weighted by Crippen LogP contribution is -2.20. The van der Waals surface area contributed by atoms with Crippen LogP contribution in [0.25, 0.3) is 0 Å². The highest BCUT2D eigenvalue weighted by Gasteiger charge is 2.09. The first-order chi connectivity index (χ1) is 10.1. The summed E-state index contributed by atoms with van der Waals surface area (Å²) in [6.45, 7) is 3.31. The average Bonchev–Trinajstić information content (AvgIpc) is 2.47. The van der Waals surface area contributed by atoms with E-state index in [1.807, 2.05) is 38.2 Å². The lowest BCUT2D eigenvalue weighted by molar-refractivity contribution is 0.302. The van der Waals surface area contributed by atoms with Gasteiger partial charge in [-0.25, -0.2) is 15.8 Å². The summed E-state index contributed by atoms with van der Waals surface area (Å²) < 4.78 is 5.37. The summed E-state index contributed by atoms with van der Waals surface area (Å²) in [6, 6.07) is 9.79. The lowest BCUT2D eigenvalue weighted by Gasteiger charge is -2.18. The number of ether oxygens (including phenoxy) is 1. The van der Waals surface area contributed by atoms with Gasteiger partial charge in [0.2, 0.25) is 0 Å². The number of hydrogen-bond acceptors (Lipinski definition) is 6. The van der Waals surface area contributed by atoms with Crippen LogP contribution in [0.2, 0.25) is 0 Å². The minimum absolute atomic E-state index is 0.628. The maximum atomic E-state index is 5.41. The number of hydrazine groups is 1. The third-order valence-corrected chi connectivity index (χ3v) is 3.09. The first kappa shape index (κ1) is 15.2. The molecule has 0 aliphatic rings. The number of methoxy groups -OCH3 is 1. The number of nitrogens with one attached hydrogen (secondary N) is 1. The van der Waals surface area contributed by atoms with Crippen molar-refractivity contribution in [2.75, 3.05) is 19.6 Å². The number of nitrogen functional groups attached to an aromatic ring is 1. The van der Waals surface area contributed by atoms with Gasteiger partial charge in [0.1, 0.15) is 17.4 Å². The van der Waals surface area contributed by atoms with Crippen LogP contribution in [0.4, 0.5) is 5.82 Å². The Hall–Kier alpha value is -2.18. The summed E-state index contributed by atoms with van der Waals surface area (Å²) in [5.74, 6) is 7.66. The minimum Gasteiger partial charge on any atom is -0.496 e. The average molecular weight is 287 g/mol. The lowest BCUT2D eigenvalue weighted by atomic mass is 10.2. The van der Waals surface area contributed by atoms with Crippen LogP contribution < -0.4 is 16.0 Å². The second kappa shape index (κ2) is 7.01. The minimum atomic E-state index is 0.628. The van der Waals surface area contributed by atoms with Crippen LogP contribution in [0.5, 0.6) is 5.75 Å². The normalized spacial score (nSPS) is 10.7. The molecule has 1 heterocycles. The zero-order valence-corrected chi connectivity index (χ0v) is 12.6. The van der Waals surface area contributed by atoms with Crippen molar-refractivity contribution in [1.29, 1.82) is 0 Å². The van der Waals surface area contributed by atoms with Gasteiger partial charge >= 0.3 is 0 Å². The van der Waals surface area contributed by atoms with E-state index in [0.717, 1.165) is 29.4 Å². The predicted octanol–water partition coefficient (Wildman–Crippen LogP) is 1.71. The number of benzene rings is 1. The predicted molar refractivity (Wildman–Crippen MR) is 82.7 cm³/mol. The summed E-state index contributed by atoms with van der Waals surface area (Å²) in [5, 5.41) is 0. The Kier molecular flexibility index (Phi) is 5.08. The van der Waals surface area contributed by atoms with Crippen molar-refractivity contribution in [1.82, 2.24) is 14.9 Å². The molecule has 21 heavy (non-hydrogen) atoms. The smallest absolute Gasteiger partial charge is 0.145 e. The van der Waals surface area contributed by atoms with Crippen LogP contribution in [0.1, 0.15) is 17.1 Å². The van der Waals surface area contributed by atoms with Crippen molar-refractivity contribution >= 4 is 5.82 Å². The number of aryl methyl sites for hydroxylation is 1. The Balaban J connectivity index is 2.08. The van der Waals surface area contributed by atoms with Crippen LogP contribution in [-0.2, 0) is 13.1 Å². The second-order valence-corrected chi connectivity index (χ2v) is 4.94. The Labute approximate surface area is 124 Å². The first-order valence-electron chi connectivity index (χ1n) is 6.74. The van der Waals surface area contributed by atoms with Gasteiger partial charge in [0.15, 0.2) is 0 Å². The van der Waals surface area contributed by atoms with E-state index < -0.39 is 0 Å². The first-order valence-corrected chi connectivity index (χ1v) is 6.74. The number of hydrogen-bond donors (Lipinski definition) is 2. The van der Waals surface area contributed by atoms with Crippen LogP contribution in [-0.4, -0.2) is 29.0 Å². The molecule has 1 aromatic heterocycles. The molecule has 2 aromatic rings. The molecule has 0 unspecified atom stereocenters. The molecular formula is C15H21N5O. The molecular weight excluding hydrogens is 266 g/mol. The van der Waals surface area contributed by atoms with E-state index in [4.69, 9.17) is 10.6 Å². The van der Waals surface area contributed by atoms with Crippen LogP contribution in [0, 0.1) is 6.92 Å². The van der Waals surface area contributed by atoms with Crippen molar-refractivity contribution in [3.63, 3.8) is 0 Å². The summed E-state index contributed by atoms with van der Waals surface area (Å²) in [5.41, 5.74) is 4.58. The molecule has 0 aliphatic heterocycles. The van der Waals surface area contributed by atoms with Gasteiger partial charge in [-0.15, -0.1) is 0 Å². The highest BCUT2D eigenvalue weighted by atomic mass is 16.5. The van der Waals surface area contributed by atoms with E-state index in [1.54, 1.807) is 7.11 Å². The molecule has 6 heteroatoms. The monoisotopic (exact) mass is 287 g/mol. The fourth-order valence-electron chi connectivity index (χ4n) is 2.20. The van der Waals surface area contributed by atoms with Gasteiger partial charge < -0.3 is 10.2 Å². The van der Waals surface area contributed by atoms with Gasteiger partial charge in [0.25, 0.3) is 0 Å².